The van der Waals surface area contributed by atoms with E-state index in [4.69, 9.17) is 4.74 Å². The lowest BCUT2D eigenvalue weighted by atomic mass is 10.3. The quantitative estimate of drug-likeness (QED) is 0.751. The maximum Gasteiger partial charge on any atom is 0.137 e. The number of hydrogen-bond donors (Lipinski definition) is 0. The zero-order chi connectivity index (χ0) is 12.1. The molecule has 2 nitrogen and oxygen atoms in total. The first-order chi connectivity index (χ1) is 7.36. The molecule has 1 aromatic rings. The monoisotopic (exact) mass is 211 g/mol. The summed E-state index contributed by atoms with van der Waals surface area (Å²) in [5.41, 5.74) is 1.11. The zero-order valence-corrected chi connectivity index (χ0v) is 11.0. The largest absolute Gasteiger partial charge is 0.492 e. The topological polar surface area (TPSA) is 22.1 Å². The average molecular weight is 211 g/mol. The second kappa shape index (κ2) is 12.9. The third-order valence-corrected chi connectivity index (χ3v) is 1.47. The number of hydrogen-bond acceptors (Lipinski definition) is 2. The van der Waals surface area contributed by atoms with Gasteiger partial charge in [-0.15, -0.1) is 0 Å². The molecular weight excluding hydrogens is 186 g/mol. The summed E-state index contributed by atoms with van der Waals surface area (Å²) in [5, 5.41) is 0. The summed E-state index contributed by atoms with van der Waals surface area (Å²) in [5.74, 6) is 0.852. The van der Waals surface area contributed by atoms with E-state index in [-0.39, 0.29) is 0 Å². The Hall–Kier alpha value is -1.05. The molecule has 0 atom stereocenters. The fourth-order valence-corrected chi connectivity index (χ4v) is 0.872. The van der Waals surface area contributed by atoms with Crippen LogP contribution < -0.4 is 4.74 Å². The normalized spacial score (nSPS) is 7.87. The molecule has 0 N–H and O–H groups in total. The molecule has 0 unspecified atom stereocenters. The molecule has 0 aromatic carbocycles. The summed E-state index contributed by atoms with van der Waals surface area (Å²) in [6.45, 7) is 12.8. The highest BCUT2D eigenvalue weighted by Gasteiger charge is 1.92. The summed E-state index contributed by atoms with van der Waals surface area (Å²) in [7, 11) is 0. The van der Waals surface area contributed by atoms with Crippen LogP contribution in [0.1, 0.15) is 47.2 Å². The maximum absolute atomic E-state index is 5.24. The van der Waals surface area contributed by atoms with Gasteiger partial charge in [-0.3, -0.25) is 4.98 Å². The van der Waals surface area contributed by atoms with Crippen LogP contribution in [0.15, 0.2) is 18.3 Å². The SMILES string of the molecule is CC.CC.CCOc1ccc(CC)nc1. The first-order valence-electron chi connectivity index (χ1n) is 5.94. The van der Waals surface area contributed by atoms with Crippen LogP contribution in [0.2, 0.25) is 0 Å². The average Bonchev–Trinajstić information content (AvgIpc) is 2.36. The van der Waals surface area contributed by atoms with Gasteiger partial charge in [0.15, 0.2) is 0 Å². The summed E-state index contributed by atoms with van der Waals surface area (Å²) in [6.07, 6.45) is 2.74. The van der Waals surface area contributed by atoms with E-state index < -0.39 is 0 Å². The van der Waals surface area contributed by atoms with Crippen molar-refractivity contribution in [3.8, 4) is 5.75 Å². The van der Waals surface area contributed by atoms with Crippen LogP contribution in [0, 0.1) is 0 Å². The van der Waals surface area contributed by atoms with Crippen LogP contribution in [0.25, 0.3) is 0 Å². The second-order valence-corrected chi connectivity index (χ2v) is 2.27. The third kappa shape index (κ3) is 7.98. The van der Waals surface area contributed by atoms with E-state index in [1.807, 2.05) is 46.8 Å². The smallest absolute Gasteiger partial charge is 0.137 e. The Kier molecular flexibility index (Phi) is 14.1. The molecule has 0 amide bonds. The van der Waals surface area contributed by atoms with Gasteiger partial charge in [0.05, 0.1) is 12.8 Å². The van der Waals surface area contributed by atoms with E-state index in [0.717, 1.165) is 17.9 Å². The van der Waals surface area contributed by atoms with Crippen molar-refractivity contribution in [1.29, 1.82) is 0 Å². The molecule has 15 heavy (non-hydrogen) atoms. The molecular formula is C13H25NO. The van der Waals surface area contributed by atoms with Crippen molar-refractivity contribution in [3.05, 3.63) is 24.0 Å². The fourth-order valence-electron chi connectivity index (χ4n) is 0.872. The lowest BCUT2D eigenvalue weighted by molar-refractivity contribution is 0.338. The number of rotatable bonds is 3. The lowest BCUT2D eigenvalue weighted by Gasteiger charge is -2.01. The highest BCUT2D eigenvalue weighted by atomic mass is 16.5. The highest BCUT2D eigenvalue weighted by molar-refractivity contribution is 5.19. The lowest BCUT2D eigenvalue weighted by Crippen LogP contribution is -1.93. The van der Waals surface area contributed by atoms with Gasteiger partial charge in [0.25, 0.3) is 0 Å². The van der Waals surface area contributed by atoms with E-state index in [9.17, 15) is 0 Å². The fraction of sp³-hybridized carbons (Fsp3) is 0.615. The molecule has 0 bridgehead atoms. The van der Waals surface area contributed by atoms with Crippen molar-refractivity contribution in [2.24, 2.45) is 0 Å². The Labute approximate surface area is 94.7 Å². The molecule has 0 saturated carbocycles. The van der Waals surface area contributed by atoms with Gasteiger partial charge < -0.3 is 4.74 Å². The van der Waals surface area contributed by atoms with Crippen molar-refractivity contribution >= 4 is 0 Å². The van der Waals surface area contributed by atoms with Crippen molar-refractivity contribution in [3.63, 3.8) is 0 Å². The minimum Gasteiger partial charge on any atom is -0.492 e. The minimum atomic E-state index is 0.702. The number of pyridine rings is 1. The molecule has 0 saturated heterocycles. The molecule has 0 fully saturated rings. The van der Waals surface area contributed by atoms with E-state index >= 15 is 0 Å². The van der Waals surface area contributed by atoms with E-state index in [0.29, 0.717) is 6.61 Å². The molecule has 88 valence electrons. The molecule has 0 aliphatic carbocycles. The Morgan fingerprint density at radius 1 is 1.07 bits per heavy atom. The summed E-state index contributed by atoms with van der Waals surface area (Å²) in [6, 6.07) is 3.94. The standard InChI is InChI=1S/C9H13NO.2C2H6/c1-3-8-5-6-9(7-10-8)11-4-2;2*1-2/h5-7H,3-4H2,1-2H3;2*1-2H3. The van der Waals surface area contributed by atoms with Crippen molar-refractivity contribution in [2.45, 2.75) is 48.0 Å². The van der Waals surface area contributed by atoms with Crippen molar-refractivity contribution in [1.82, 2.24) is 4.98 Å². The Morgan fingerprint density at radius 3 is 2.00 bits per heavy atom. The predicted octanol–water partition coefficient (Wildman–Crippen LogP) is 4.10. The van der Waals surface area contributed by atoms with Gasteiger partial charge >= 0.3 is 0 Å². The molecule has 0 radical (unpaired) electrons. The van der Waals surface area contributed by atoms with Gasteiger partial charge in [-0.1, -0.05) is 34.6 Å². The Balaban J connectivity index is 0. The molecule has 1 heterocycles. The third-order valence-electron chi connectivity index (χ3n) is 1.47. The van der Waals surface area contributed by atoms with Gasteiger partial charge in [-0.25, -0.2) is 0 Å². The summed E-state index contributed by atoms with van der Waals surface area (Å²) in [4.78, 5) is 4.19. The van der Waals surface area contributed by atoms with Crippen LogP contribution in [-0.2, 0) is 6.42 Å². The van der Waals surface area contributed by atoms with Crippen molar-refractivity contribution < 1.29 is 4.74 Å². The highest BCUT2D eigenvalue weighted by Crippen LogP contribution is 2.08. The zero-order valence-electron chi connectivity index (χ0n) is 11.0. The molecule has 0 aliphatic rings. The first-order valence-corrected chi connectivity index (χ1v) is 5.94. The molecule has 0 spiro atoms. The maximum atomic E-state index is 5.24. The summed E-state index contributed by atoms with van der Waals surface area (Å²) < 4.78 is 5.24. The van der Waals surface area contributed by atoms with Crippen LogP contribution in [-0.4, -0.2) is 11.6 Å². The van der Waals surface area contributed by atoms with Crippen LogP contribution in [0.3, 0.4) is 0 Å². The predicted molar refractivity (Wildman–Crippen MR) is 67.5 cm³/mol. The molecule has 0 aliphatic heterocycles. The number of nitrogens with zero attached hydrogens (tertiary/aromatic N) is 1. The minimum absolute atomic E-state index is 0.702. The van der Waals surface area contributed by atoms with Crippen LogP contribution >= 0.6 is 0 Å². The van der Waals surface area contributed by atoms with E-state index in [1.165, 1.54) is 0 Å². The number of ether oxygens (including phenoxy) is 1. The number of aromatic nitrogens is 1. The molecule has 1 rings (SSSR count). The van der Waals surface area contributed by atoms with E-state index in [2.05, 4.69) is 11.9 Å². The van der Waals surface area contributed by atoms with Crippen molar-refractivity contribution in [2.75, 3.05) is 6.61 Å². The molecule has 1 aromatic heterocycles. The van der Waals surface area contributed by atoms with Crippen LogP contribution in [0.4, 0.5) is 0 Å². The first kappa shape index (κ1) is 16.4. The van der Waals surface area contributed by atoms with Gasteiger partial charge in [0.2, 0.25) is 0 Å². The van der Waals surface area contributed by atoms with Crippen LogP contribution in [0.5, 0.6) is 5.75 Å². The second-order valence-electron chi connectivity index (χ2n) is 2.27. The van der Waals surface area contributed by atoms with Gasteiger partial charge in [-0.05, 0) is 25.5 Å². The van der Waals surface area contributed by atoms with E-state index in [1.54, 1.807) is 6.20 Å². The van der Waals surface area contributed by atoms with Gasteiger partial charge in [-0.2, -0.15) is 0 Å². The Morgan fingerprint density at radius 2 is 1.67 bits per heavy atom. The number of aryl methyl sites for hydroxylation is 1. The van der Waals surface area contributed by atoms with Gasteiger partial charge in [0.1, 0.15) is 5.75 Å². The molecule has 2 heteroatoms. The summed E-state index contributed by atoms with van der Waals surface area (Å²) >= 11 is 0. The van der Waals surface area contributed by atoms with Gasteiger partial charge in [0, 0.05) is 5.69 Å². The Bertz CT molecular complexity index is 206.